The number of benzene rings is 1. The first kappa shape index (κ1) is 14.0. The first-order valence-corrected chi connectivity index (χ1v) is 8.13. The van der Waals surface area contributed by atoms with Crippen molar-refractivity contribution in [3.05, 3.63) is 40.5 Å². The number of hydrogen-bond donors (Lipinski definition) is 1. The van der Waals surface area contributed by atoms with Gasteiger partial charge in [0, 0.05) is 28.6 Å². The summed E-state index contributed by atoms with van der Waals surface area (Å²) in [6.45, 7) is 5.64. The monoisotopic (exact) mass is 332 g/mol. The van der Waals surface area contributed by atoms with Crippen molar-refractivity contribution in [2.45, 2.75) is 45.7 Å². The lowest BCUT2D eigenvalue weighted by Gasteiger charge is -2.28. The molecule has 0 amide bonds. The van der Waals surface area contributed by atoms with Crippen LogP contribution >= 0.6 is 15.9 Å². The molecule has 0 radical (unpaired) electrons. The number of aromatic nitrogens is 1. The van der Waals surface area contributed by atoms with Crippen molar-refractivity contribution < 1.29 is 0 Å². The zero-order valence-electron chi connectivity index (χ0n) is 12.1. The highest BCUT2D eigenvalue weighted by atomic mass is 79.9. The quantitative estimate of drug-likeness (QED) is 0.883. The van der Waals surface area contributed by atoms with Crippen molar-refractivity contribution in [1.29, 1.82) is 0 Å². The summed E-state index contributed by atoms with van der Waals surface area (Å²) >= 11 is 3.61. The smallest absolute Gasteiger partial charge is 0.0758 e. The zero-order valence-corrected chi connectivity index (χ0v) is 13.7. The Morgan fingerprint density at radius 3 is 2.95 bits per heavy atom. The van der Waals surface area contributed by atoms with E-state index in [1.165, 1.54) is 30.2 Å². The van der Waals surface area contributed by atoms with E-state index in [0.717, 1.165) is 16.5 Å². The van der Waals surface area contributed by atoms with E-state index >= 15 is 0 Å². The van der Waals surface area contributed by atoms with E-state index < -0.39 is 0 Å². The second kappa shape index (κ2) is 5.45. The summed E-state index contributed by atoms with van der Waals surface area (Å²) in [6.07, 6.45) is 5.82. The van der Waals surface area contributed by atoms with Gasteiger partial charge in [0.25, 0.3) is 0 Å². The van der Waals surface area contributed by atoms with Gasteiger partial charge < -0.3 is 5.32 Å². The van der Waals surface area contributed by atoms with Gasteiger partial charge in [0.05, 0.1) is 5.52 Å². The fourth-order valence-electron chi connectivity index (χ4n) is 3.28. The maximum absolute atomic E-state index is 4.55. The molecule has 3 heteroatoms. The molecule has 0 bridgehead atoms. The summed E-state index contributed by atoms with van der Waals surface area (Å²) in [7, 11) is 0. The summed E-state index contributed by atoms with van der Waals surface area (Å²) in [5.74, 6) is 0. The number of pyridine rings is 1. The highest BCUT2D eigenvalue weighted by Gasteiger charge is 2.33. The Kier molecular flexibility index (Phi) is 3.83. The number of halogens is 1. The SMILES string of the molecule is CC1(C)CCCC1NCc1ccc(Br)c2cccnc12. The molecule has 0 saturated heterocycles. The fraction of sp³-hybridized carbons (Fsp3) is 0.471. The van der Waals surface area contributed by atoms with Crippen molar-refractivity contribution in [3.8, 4) is 0 Å². The van der Waals surface area contributed by atoms with Crippen LogP contribution in [0.5, 0.6) is 0 Å². The molecular formula is C17H21BrN2. The molecule has 1 heterocycles. The minimum atomic E-state index is 0.415. The van der Waals surface area contributed by atoms with Crippen LogP contribution in [0, 0.1) is 5.41 Å². The molecule has 20 heavy (non-hydrogen) atoms. The normalized spacial score (nSPS) is 21.4. The Morgan fingerprint density at radius 1 is 1.35 bits per heavy atom. The fourth-order valence-corrected chi connectivity index (χ4v) is 3.73. The van der Waals surface area contributed by atoms with Gasteiger partial charge in [0.15, 0.2) is 0 Å². The lowest BCUT2D eigenvalue weighted by Crippen LogP contribution is -2.37. The second-order valence-electron chi connectivity index (χ2n) is 6.42. The van der Waals surface area contributed by atoms with Crippen molar-refractivity contribution in [2.24, 2.45) is 5.41 Å². The summed E-state index contributed by atoms with van der Waals surface area (Å²) in [5, 5.41) is 4.94. The topological polar surface area (TPSA) is 24.9 Å². The van der Waals surface area contributed by atoms with E-state index in [9.17, 15) is 0 Å². The molecule has 1 aliphatic carbocycles. The minimum absolute atomic E-state index is 0.415. The van der Waals surface area contributed by atoms with Crippen molar-refractivity contribution in [1.82, 2.24) is 10.3 Å². The summed E-state index contributed by atoms with van der Waals surface area (Å²) in [6, 6.07) is 9.03. The molecule has 1 aliphatic rings. The molecule has 1 aromatic carbocycles. The number of hydrogen-bond acceptors (Lipinski definition) is 2. The Labute approximate surface area is 129 Å². The average Bonchev–Trinajstić information content (AvgIpc) is 2.77. The van der Waals surface area contributed by atoms with Gasteiger partial charge in [0.1, 0.15) is 0 Å². The summed E-state index contributed by atoms with van der Waals surface area (Å²) in [4.78, 5) is 4.55. The van der Waals surface area contributed by atoms with Crippen LogP contribution in [0.1, 0.15) is 38.7 Å². The second-order valence-corrected chi connectivity index (χ2v) is 7.27. The van der Waals surface area contributed by atoms with Gasteiger partial charge in [-0.1, -0.05) is 48.3 Å². The Bertz CT molecular complexity index is 621. The molecule has 1 aromatic heterocycles. The highest BCUT2D eigenvalue weighted by Crippen LogP contribution is 2.37. The number of nitrogens with zero attached hydrogens (tertiary/aromatic N) is 1. The van der Waals surface area contributed by atoms with E-state index in [2.05, 4.69) is 58.3 Å². The van der Waals surface area contributed by atoms with E-state index in [4.69, 9.17) is 0 Å². The standard InChI is InChI=1S/C17H21BrN2/c1-17(2)9-3-6-15(17)20-11-12-7-8-14(18)13-5-4-10-19-16(12)13/h4-5,7-8,10,15,20H,3,6,9,11H2,1-2H3. The first-order valence-electron chi connectivity index (χ1n) is 7.33. The Hall–Kier alpha value is -0.930. The summed E-state index contributed by atoms with van der Waals surface area (Å²) < 4.78 is 1.12. The molecule has 1 saturated carbocycles. The molecule has 1 atom stereocenters. The van der Waals surface area contributed by atoms with Gasteiger partial charge in [-0.3, -0.25) is 4.98 Å². The molecule has 2 nitrogen and oxygen atoms in total. The largest absolute Gasteiger partial charge is 0.309 e. The maximum Gasteiger partial charge on any atom is 0.0758 e. The van der Waals surface area contributed by atoms with Crippen LogP contribution in [0.2, 0.25) is 0 Å². The van der Waals surface area contributed by atoms with Crippen molar-refractivity contribution >= 4 is 26.8 Å². The van der Waals surface area contributed by atoms with Gasteiger partial charge >= 0.3 is 0 Å². The van der Waals surface area contributed by atoms with Gasteiger partial charge in [-0.15, -0.1) is 0 Å². The van der Waals surface area contributed by atoms with Crippen molar-refractivity contribution in [2.75, 3.05) is 0 Å². The number of fused-ring (bicyclic) bond motifs is 1. The van der Waals surface area contributed by atoms with Crippen LogP contribution in [0.15, 0.2) is 34.9 Å². The lowest BCUT2D eigenvalue weighted by molar-refractivity contribution is 0.283. The molecule has 1 fully saturated rings. The van der Waals surface area contributed by atoms with Crippen LogP contribution < -0.4 is 5.32 Å². The van der Waals surface area contributed by atoms with Crippen LogP contribution in [0.4, 0.5) is 0 Å². The molecule has 106 valence electrons. The lowest BCUT2D eigenvalue weighted by atomic mass is 9.87. The molecule has 3 rings (SSSR count). The third kappa shape index (κ3) is 2.61. The molecule has 0 spiro atoms. The predicted molar refractivity (Wildman–Crippen MR) is 87.7 cm³/mol. The number of rotatable bonds is 3. The molecule has 1 N–H and O–H groups in total. The third-order valence-corrected chi connectivity index (χ3v) is 5.29. The predicted octanol–water partition coefficient (Wildman–Crippen LogP) is 4.67. The molecule has 0 aliphatic heterocycles. The molecular weight excluding hydrogens is 312 g/mol. The van der Waals surface area contributed by atoms with Crippen LogP contribution in [-0.4, -0.2) is 11.0 Å². The highest BCUT2D eigenvalue weighted by molar-refractivity contribution is 9.10. The van der Waals surface area contributed by atoms with Crippen LogP contribution in [0.25, 0.3) is 10.9 Å². The van der Waals surface area contributed by atoms with Gasteiger partial charge in [-0.2, -0.15) is 0 Å². The van der Waals surface area contributed by atoms with E-state index in [1.807, 2.05) is 12.3 Å². The van der Waals surface area contributed by atoms with Crippen molar-refractivity contribution in [3.63, 3.8) is 0 Å². The minimum Gasteiger partial charge on any atom is -0.309 e. The Morgan fingerprint density at radius 2 is 2.20 bits per heavy atom. The maximum atomic E-state index is 4.55. The van der Waals surface area contributed by atoms with E-state index in [1.54, 1.807) is 0 Å². The van der Waals surface area contributed by atoms with Crippen LogP contribution in [0.3, 0.4) is 0 Å². The Balaban J connectivity index is 1.83. The average molecular weight is 333 g/mol. The van der Waals surface area contributed by atoms with Gasteiger partial charge in [-0.25, -0.2) is 0 Å². The molecule has 1 unspecified atom stereocenters. The van der Waals surface area contributed by atoms with E-state index in [-0.39, 0.29) is 0 Å². The summed E-state index contributed by atoms with van der Waals surface area (Å²) in [5.41, 5.74) is 2.80. The third-order valence-electron chi connectivity index (χ3n) is 4.60. The molecule has 2 aromatic rings. The van der Waals surface area contributed by atoms with Gasteiger partial charge in [-0.05, 0) is 36.0 Å². The number of nitrogens with one attached hydrogen (secondary N) is 1. The van der Waals surface area contributed by atoms with E-state index in [0.29, 0.717) is 11.5 Å². The van der Waals surface area contributed by atoms with Crippen LogP contribution in [-0.2, 0) is 6.54 Å². The zero-order chi connectivity index (χ0) is 14.2. The first-order chi connectivity index (χ1) is 9.58. The van der Waals surface area contributed by atoms with Gasteiger partial charge in [0.2, 0.25) is 0 Å².